The van der Waals surface area contributed by atoms with Crippen LogP contribution in [0, 0.1) is 5.82 Å². The maximum atomic E-state index is 13.2. The number of benzene rings is 1. The summed E-state index contributed by atoms with van der Waals surface area (Å²) >= 11 is 0. The molecule has 1 aliphatic rings. The molecule has 6 nitrogen and oxygen atoms in total. The lowest BCUT2D eigenvalue weighted by molar-refractivity contribution is 0.0656. The van der Waals surface area contributed by atoms with Gasteiger partial charge >= 0.3 is 12.1 Å². The van der Waals surface area contributed by atoms with Crippen molar-refractivity contribution in [3.8, 4) is 5.75 Å². The molecule has 1 heterocycles. The van der Waals surface area contributed by atoms with Gasteiger partial charge in [-0.05, 0) is 25.0 Å². The van der Waals surface area contributed by atoms with E-state index in [2.05, 4.69) is 0 Å². The van der Waals surface area contributed by atoms with Gasteiger partial charge in [-0.3, -0.25) is 0 Å². The molecule has 7 heteroatoms. The molecule has 2 rings (SSSR count). The Balaban J connectivity index is 2.15. The van der Waals surface area contributed by atoms with E-state index >= 15 is 0 Å². The molecular formula is C13H14FNO5. The van der Waals surface area contributed by atoms with Crippen molar-refractivity contribution in [2.24, 2.45) is 0 Å². The maximum absolute atomic E-state index is 13.2. The van der Waals surface area contributed by atoms with Crippen LogP contribution in [0.1, 0.15) is 23.2 Å². The van der Waals surface area contributed by atoms with E-state index in [-0.39, 0.29) is 17.9 Å². The zero-order valence-electron chi connectivity index (χ0n) is 10.6. The predicted molar refractivity (Wildman–Crippen MR) is 66.6 cm³/mol. The molecule has 1 aliphatic heterocycles. The maximum Gasteiger partial charge on any atom is 0.407 e. The van der Waals surface area contributed by atoms with Crippen molar-refractivity contribution in [3.05, 3.63) is 29.6 Å². The Morgan fingerprint density at radius 2 is 2.10 bits per heavy atom. The summed E-state index contributed by atoms with van der Waals surface area (Å²) in [5.41, 5.74) is -0.140. The number of carbonyl (C=O) groups is 2. The van der Waals surface area contributed by atoms with Crippen LogP contribution in [-0.2, 0) is 0 Å². The highest BCUT2D eigenvalue weighted by Gasteiger charge is 2.26. The van der Waals surface area contributed by atoms with Crippen molar-refractivity contribution in [1.82, 2.24) is 4.90 Å². The van der Waals surface area contributed by atoms with Gasteiger partial charge in [-0.1, -0.05) is 0 Å². The van der Waals surface area contributed by atoms with E-state index in [1.807, 2.05) is 0 Å². The molecule has 1 saturated heterocycles. The Bertz CT molecular complexity index is 533. The third kappa shape index (κ3) is 3.17. The largest absolute Gasteiger partial charge is 0.488 e. The number of rotatable bonds is 3. The number of likely N-dealkylation sites (tertiary alicyclic amines) is 1. The third-order valence-corrected chi connectivity index (χ3v) is 3.12. The number of piperidine rings is 1. The van der Waals surface area contributed by atoms with Gasteiger partial charge in [0.1, 0.15) is 23.2 Å². The fourth-order valence-corrected chi connectivity index (χ4v) is 2.16. The summed E-state index contributed by atoms with van der Waals surface area (Å²) in [5.74, 6) is -1.89. The normalized spacial score (nSPS) is 18.6. The number of hydrogen-bond acceptors (Lipinski definition) is 3. The first-order valence-corrected chi connectivity index (χ1v) is 6.14. The smallest absolute Gasteiger partial charge is 0.407 e. The molecule has 0 spiro atoms. The van der Waals surface area contributed by atoms with Crippen molar-refractivity contribution in [2.75, 3.05) is 13.1 Å². The van der Waals surface area contributed by atoms with Crippen LogP contribution in [0.4, 0.5) is 9.18 Å². The molecule has 0 saturated carbocycles. The van der Waals surface area contributed by atoms with E-state index in [0.717, 1.165) is 18.2 Å². The standard InChI is InChI=1S/C13H14FNO5/c14-8-3-4-10(12(16)17)11(6-8)20-9-2-1-5-15(7-9)13(18)19/h3-4,6,9H,1-2,5,7H2,(H,16,17)(H,18,19)/t9-/m0/s1. The van der Waals surface area contributed by atoms with E-state index in [9.17, 15) is 14.0 Å². The van der Waals surface area contributed by atoms with Crippen molar-refractivity contribution in [1.29, 1.82) is 0 Å². The van der Waals surface area contributed by atoms with Gasteiger partial charge in [0, 0.05) is 12.6 Å². The molecule has 0 bridgehead atoms. The number of carboxylic acid groups (broad SMARTS) is 2. The van der Waals surface area contributed by atoms with Crippen LogP contribution in [0.15, 0.2) is 18.2 Å². The summed E-state index contributed by atoms with van der Waals surface area (Å²) < 4.78 is 18.7. The minimum Gasteiger partial charge on any atom is -0.488 e. The summed E-state index contributed by atoms with van der Waals surface area (Å²) in [5, 5.41) is 17.9. The lowest BCUT2D eigenvalue weighted by Crippen LogP contribution is -2.43. The molecular weight excluding hydrogens is 269 g/mol. The Morgan fingerprint density at radius 3 is 2.75 bits per heavy atom. The molecule has 1 aromatic carbocycles. The number of halogens is 1. The number of amides is 1. The number of ether oxygens (including phenoxy) is 1. The summed E-state index contributed by atoms with van der Waals surface area (Å²) in [6.07, 6.45) is -0.302. The molecule has 108 valence electrons. The average molecular weight is 283 g/mol. The van der Waals surface area contributed by atoms with Crippen molar-refractivity contribution in [2.45, 2.75) is 18.9 Å². The van der Waals surface area contributed by atoms with Crippen molar-refractivity contribution < 1.29 is 28.9 Å². The van der Waals surface area contributed by atoms with Crippen LogP contribution >= 0.6 is 0 Å². The Kier molecular flexibility index (Phi) is 4.07. The molecule has 1 amide bonds. The van der Waals surface area contributed by atoms with E-state index in [1.165, 1.54) is 4.90 Å². The lowest BCUT2D eigenvalue weighted by atomic mass is 10.1. The molecule has 1 aromatic rings. The third-order valence-electron chi connectivity index (χ3n) is 3.12. The fourth-order valence-electron chi connectivity index (χ4n) is 2.16. The summed E-state index contributed by atoms with van der Waals surface area (Å²) in [6.45, 7) is 0.565. The highest BCUT2D eigenvalue weighted by Crippen LogP contribution is 2.24. The van der Waals surface area contributed by atoms with Crippen LogP contribution in [0.25, 0.3) is 0 Å². The Hall–Kier alpha value is -2.31. The van der Waals surface area contributed by atoms with Crippen LogP contribution in [0.5, 0.6) is 5.75 Å². The molecule has 0 unspecified atom stereocenters. The first-order chi connectivity index (χ1) is 9.47. The minimum atomic E-state index is -1.22. The second kappa shape index (κ2) is 5.77. The van der Waals surface area contributed by atoms with E-state index in [1.54, 1.807) is 0 Å². The summed E-state index contributed by atoms with van der Waals surface area (Å²) in [6, 6.07) is 3.18. The van der Waals surface area contributed by atoms with E-state index in [4.69, 9.17) is 14.9 Å². The zero-order chi connectivity index (χ0) is 14.7. The van der Waals surface area contributed by atoms with Gasteiger partial charge in [0.25, 0.3) is 0 Å². The van der Waals surface area contributed by atoms with Crippen LogP contribution in [0.3, 0.4) is 0 Å². The lowest BCUT2D eigenvalue weighted by Gasteiger charge is -2.31. The summed E-state index contributed by atoms with van der Waals surface area (Å²) in [7, 11) is 0. The van der Waals surface area contributed by atoms with Crippen molar-refractivity contribution >= 4 is 12.1 Å². The van der Waals surface area contributed by atoms with Crippen LogP contribution in [0.2, 0.25) is 0 Å². The molecule has 0 radical (unpaired) electrons. The number of hydrogen-bond donors (Lipinski definition) is 2. The number of carboxylic acids is 1. The topological polar surface area (TPSA) is 87.1 Å². The van der Waals surface area contributed by atoms with Gasteiger partial charge in [0.15, 0.2) is 0 Å². The van der Waals surface area contributed by atoms with E-state index in [0.29, 0.717) is 19.4 Å². The SMILES string of the molecule is O=C(O)c1ccc(F)cc1O[C@H]1CCCN(C(=O)O)C1. The first-order valence-electron chi connectivity index (χ1n) is 6.14. The highest BCUT2D eigenvalue weighted by atomic mass is 19.1. The average Bonchev–Trinajstić information content (AvgIpc) is 2.38. The van der Waals surface area contributed by atoms with Gasteiger partial charge < -0.3 is 19.8 Å². The predicted octanol–water partition coefficient (Wildman–Crippen LogP) is 2.05. The fraction of sp³-hybridized carbons (Fsp3) is 0.385. The molecule has 0 aromatic heterocycles. The van der Waals surface area contributed by atoms with Gasteiger partial charge in [-0.15, -0.1) is 0 Å². The molecule has 0 aliphatic carbocycles. The van der Waals surface area contributed by atoms with Gasteiger partial charge in [0.2, 0.25) is 0 Å². The Labute approximate surface area is 114 Å². The molecule has 1 fully saturated rings. The quantitative estimate of drug-likeness (QED) is 0.886. The van der Waals surface area contributed by atoms with Crippen molar-refractivity contribution in [3.63, 3.8) is 0 Å². The first kappa shape index (κ1) is 14.1. The number of nitrogens with zero attached hydrogens (tertiary/aromatic N) is 1. The molecule has 2 N–H and O–H groups in total. The highest BCUT2D eigenvalue weighted by molar-refractivity contribution is 5.90. The van der Waals surface area contributed by atoms with Gasteiger partial charge in [-0.2, -0.15) is 0 Å². The second-order valence-electron chi connectivity index (χ2n) is 4.56. The number of aromatic carboxylic acids is 1. The minimum absolute atomic E-state index is 0.0743. The van der Waals surface area contributed by atoms with Crippen LogP contribution < -0.4 is 4.74 Å². The van der Waals surface area contributed by atoms with E-state index < -0.39 is 24.0 Å². The van der Waals surface area contributed by atoms with Gasteiger partial charge in [0.05, 0.1) is 6.54 Å². The van der Waals surface area contributed by atoms with Gasteiger partial charge in [-0.25, -0.2) is 14.0 Å². The Morgan fingerprint density at radius 1 is 1.35 bits per heavy atom. The molecule has 20 heavy (non-hydrogen) atoms. The monoisotopic (exact) mass is 283 g/mol. The van der Waals surface area contributed by atoms with Crippen LogP contribution in [-0.4, -0.2) is 46.4 Å². The second-order valence-corrected chi connectivity index (χ2v) is 4.56. The summed E-state index contributed by atoms with van der Waals surface area (Å²) in [4.78, 5) is 23.1. The molecule has 1 atom stereocenters. The zero-order valence-corrected chi connectivity index (χ0v) is 10.6.